The number of ether oxygens (including phenoxy) is 9. The number of unbranched alkanes of at least 4 members (excludes halogenated alkanes) is 9. The fourth-order valence-electron chi connectivity index (χ4n) is 6.90. The first-order chi connectivity index (χ1) is 37.5. The molecule has 0 unspecified atom stereocenters. The molecule has 0 spiro atoms. The molecule has 3 aromatic rings. The van der Waals surface area contributed by atoms with Gasteiger partial charge in [0.15, 0.2) is 34.5 Å². The molecule has 0 atom stereocenters. The molecular weight excluding hydrogens is 1040 g/mol. The van der Waals surface area contributed by atoms with Crippen LogP contribution in [0.25, 0.3) is 0 Å². The number of benzene rings is 3. The van der Waals surface area contributed by atoms with E-state index >= 15 is 0 Å². The van der Waals surface area contributed by atoms with Crippen LogP contribution in [0, 0.1) is 0 Å². The molecule has 0 heterocycles. The third kappa shape index (κ3) is 28.7. The Labute approximate surface area is 493 Å². The van der Waals surface area contributed by atoms with Crippen LogP contribution in [-0.4, -0.2) is 59.5 Å². The van der Waals surface area contributed by atoms with Crippen molar-refractivity contribution in [1.82, 2.24) is 0 Å². The van der Waals surface area contributed by atoms with E-state index in [4.69, 9.17) is 42.6 Å². The van der Waals surface area contributed by atoms with Crippen LogP contribution in [0.5, 0.6) is 51.7 Å². The molecule has 0 fully saturated rings. The smallest absolute Gasteiger partial charge is 0.723 e. The average Bonchev–Trinajstić information content (AvgIpc) is 3.43. The SMILES string of the molecule is CCCCOc1cc(C(C)(C)O[O-])cc(OCCCC)c1OCCCC.CCCCOc1cc(C(C)(C)O[O-])cc(OCCCC)c1OCCCC.CCCCOc1cc(C(C)(C)O[O-])cc(OCCCC)c1OCCCC.[Ti+3]. The summed E-state index contributed by atoms with van der Waals surface area (Å²) in [6, 6.07) is 11.0. The van der Waals surface area contributed by atoms with Gasteiger partial charge in [0.05, 0.1) is 76.3 Å². The summed E-state index contributed by atoms with van der Waals surface area (Å²) in [5.41, 5.74) is -0.787. The molecule has 0 aromatic heterocycles. The summed E-state index contributed by atoms with van der Waals surface area (Å²) in [6.07, 6.45) is 18.0. The second-order valence-electron chi connectivity index (χ2n) is 21.0. The minimum atomic E-state index is -0.978. The maximum absolute atomic E-state index is 11.2. The van der Waals surface area contributed by atoms with Crippen LogP contribution in [0.1, 0.15) is 236 Å². The normalized spacial score (nSPS) is 11.3. The van der Waals surface area contributed by atoms with Gasteiger partial charge in [-0.2, -0.15) is 0 Å². The zero-order chi connectivity index (χ0) is 58.2. The Morgan fingerprint density at radius 3 is 0.532 bits per heavy atom. The summed E-state index contributed by atoms with van der Waals surface area (Å²) in [4.78, 5) is 13.3. The van der Waals surface area contributed by atoms with Gasteiger partial charge in [-0.3, -0.25) is 0 Å². The molecule has 79 heavy (non-hydrogen) atoms. The first-order valence-corrected chi connectivity index (χ1v) is 29.6. The Morgan fingerprint density at radius 2 is 0.405 bits per heavy atom. The summed E-state index contributed by atoms with van der Waals surface area (Å²) < 4.78 is 53.8. The van der Waals surface area contributed by atoms with E-state index in [1.54, 1.807) is 41.5 Å². The molecule has 451 valence electrons. The Balaban J connectivity index is 0.00000115. The van der Waals surface area contributed by atoms with Crippen LogP contribution in [-0.2, 0) is 53.2 Å². The molecule has 0 N–H and O–H groups in total. The average molecular weight is 1150 g/mol. The van der Waals surface area contributed by atoms with Gasteiger partial charge in [-0.1, -0.05) is 120 Å². The van der Waals surface area contributed by atoms with Crippen molar-refractivity contribution in [3.8, 4) is 51.7 Å². The quantitative estimate of drug-likeness (QED) is 0.0226. The molecule has 3 rings (SSSR count). The maximum atomic E-state index is 11.2. The molecule has 1 radical (unpaired) electrons. The molecule has 16 heteroatoms. The van der Waals surface area contributed by atoms with Crippen molar-refractivity contribution >= 4 is 0 Å². The van der Waals surface area contributed by atoms with E-state index in [-0.39, 0.29) is 21.7 Å². The van der Waals surface area contributed by atoms with Gasteiger partial charge in [-0.05, 0) is 152 Å². The molecular formula is C63H105O15Ti. The summed E-state index contributed by atoms with van der Waals surface area (Å²) in [5.74, 6) is 5.55. The van der Waals surface area contributed by atoms with E-state index in [1.165, 1.54) is 0 Å². The Kier molecular flexibility index (Phi) is 41.9. The molecule has 0 bridgehead atoms. The standard InChI is InChI=1S/3C21H36O5.Ti/c3*1-6-9-12-23-18-15-17(21(4,5)26-22)16-19(24-13-10-7-2)20(18)25-14-11-8-3;/h3*15-16,22H,6-14H2,1-5H3;/q;;;+3/p-3. The molecule has 0 aliphatic carbocycles. The monoisotopic (exact) mass is 1150 g/mol. The van der Waals surface area contributed by atoms with Gasteiger partial charge in [0.2, 0.25) is 17.2 Å². The van der Waals surface area contributed by atoms with E-state index in [2.05, 4.69) is 77.0 Å². The van der Waals surface area contributed by atoms with Crippen molar-refractivity contribution < 1.29 is 94.8 Å². The molecule has 0 amide bonds. The number of rotatable bonds is 42. The van der Waals surface area contributed by atoms with Crippen LogP contribution in [0.2, 0.25) is 0 Å². The van der Waals surface area contributed by atoms with E-state index in [0.29, 0.717) is 128 Å². The van der Waals surface area contributed by atoms with E-state index in [0.717, 1.165) is 116 Å². The first kappa shape index (κ1) is 75.3. The molecule has 0 saturated heterocycles. The third-order valence-corrected chi connectivity index (χ3v) is 12.5. The fourth-order valence-corrected chi connectivity index (χ4v) is 6.90. The molecule has 3 aromatic carbocycles. The predicted molar refractivity (Wildman–Crippen MR) is 305 cm³/mol. The fraction of sp³-hybridized carbons (Fsp3) is 0.714. The van der Waals surface area contributed by atoms with Crippen molar-refractivity contribution in [2.24, 2.45) is 0 Å². The zero-order valence-electron chi connectivity index (χ0n) is 51.7. The summed E-state index contributed by atoms with van der Waals surface area (Å²) >= 11 is 0. The van der Waals surface area contributed by atoms with Crippen molar-refractivity contribution in [2.45, 2.75) is 236 Å². The second-order valence-corrected chi connectivity index (χ2v) is 21.0. The van der Waals surface area contributed by atoms with Gasteiger partial charge < -0.3 is 73.1 Å². The van der Waals surface area contributed by atoms with Crippen LogP contribution in [0.4, 0.5) is 0 Å². The molecule has 0 aliphatic heterocycles. The van der Waals surface area contributed by atoms with Gasteiger partial charge >= 0.3 is 21.7 Å². The van der Waals surface area contributed by atoms with Gasteiger partial charge in [0, 0.05) is 0 Å². The predicted octanol–water partition coefficient (Wildman–Crippen LogP) is 14.2. The summed E-state index contributed by atoms with van der Waals surface area (Å²) in [7, 11) is 0. The zero-order valence-corrected chi connectivity index (χ0v) is 53.2. The first-order valence-electron chi connectivity index (χ1n) is 29.6. The van der Waals surface area contributed by atoms with E-state index in [9.17, 15) is 15.8 Å². The van der Waals surface area contributed by atoms with E-state index in [1.807, 2.05) is 36.4 Å². The van der Waals surface area contributed by atoms with Gasteiger partial charge in [0.1, 0.15) is 0 Å². The number of hydrogen-bond acceptors (Lipinski definition) is 15. The van der Waals surface area contributed by atoms with E-state index < -0.39 is 16.8 Å². The molecule has 15 nitrogen and oxygen atoms in total. The summed E-state index contributed by atoms with van der Waals surface area (Å²) in [6.45, 7) is 34.9. The Morgan fingerprint density at radius 1 is 0.266 bits per heavy atom. The second kappa shape index (κ2) is 44.0. The van der Waals surface area contributed by atoms with Crippen LogP contribution >= 0.6 is 0 Å². The number of hydrogen-bond donors (Lipinski definition) is 0. The topological polar surface area (TPSA) is 180 Å². The molecule has 0 aliphatic rings. The molecule has 0 saturated carbocycles. The van der Waals surface area contributed by atoms with Crippen molar-refractivity contribution in [3.05, 3.63) is 53.1 Å². The minimum Gasteiger partial charge on any atom is -0.723 e. The van der Waals surface area contributed by atoms with Gasteiger partial charge in [-0.15, -0.1) is 0 Å². The van der Waals surface area contributed by atoms with Crippen molar-refractivity contribution in [3.63, 3.8) is 0 Å². The largest absolute Gasteiger partial charge is 3.00 e. The Hall–Kier alpha value is -3.67. The van der Waals surface area contributed by atoms with Crippen LogP contribution in [0.3, 0.4) is 0 Å². The van der Waals surface area contributed by atoms with Crippen LogP contribution in [0.15, 0.2) is 36.4 Å². The van der Waals surface area contributed by atoms with Gasteiger partial charge in [-0.25, -0.2) is 0 Å². The summed E-state index contributed by atoms with van der Waals surface area (Å²) in [5, 5.41) is 33.5. The van der Waals surface area contributed by atoms with Crippen LogP contribution < -0.4 is 58.4 Å². The van der Waals surface area contributed by atoms with Crippen molar-refractivity contribution in [1.29, 1.82) is 0 Å². The Bertz CT molecular complexity index is 1680. The minimum absolute atomic E-state index is 0. The van der Waals surface area contributed by atoms with Gasteiger partial charge in [0.25, 0.3) is 0 Å². The third-order valence-electron chi connectivity index (χ3n) is 12.5. The van der Waals surface area contributed by atoms with Crippen molar-refractivity contribution in [2.75, 3.05) is 59.5 Å². The maximum Gasteiger partial charge on any atom is 3.00 e.